The van der Waals surface area contributed by atoms with Crippen molar-refractivity contribution >= 4 is 15.9 Å². The highest BCUT2D eigenvalue weighted by Crippen LogP contribution is 2.23. The zero-order valence-electron chi connectivity index (χ0n) is 7.43. The molecule has 0 saturated heterocycles. The summed E-state index contributed by atoms with van der Waals surface area (Å²) in [4.78, 5) is 0. The predicted molar refractivity (Wildman–Crippen MR) is 54.0 cm³/mol. The zero-order chi connectivity index (χ0) is 9.84. The maximum Gasteiger partial charge on any atom is 0.137 e. The van der Waals surface area contributed by atoms with Crippen molar-refractivity contribution in [2.24, 2.45) is 0 Å². The van der Waals surface area contributed by atoms with Crippen LogP contribution in [0.4, 0.5) is 4.39 Å². The van der Waals surface area contributed by atoms with Crippen molar-refractivity contribution in [3.05, 3.63) is 34.1 Å². The topological polar surface area (TPSA) is 20.2 Å². The van der Waals surface area contributed by atoms with Crippen LogP contribution in [-0.4, -0.2) is 5.11 Å². The first kappa shape index (κ1) is 10.7. The Balaban J connectivity index is 2.84. The lowest BCUT2D eigenvalue weighted by atomic mass is 10.1. The fraction of sp³-hybridized carbons (Fsp3) is 0.400. The average Bonchev–Trinajstić information content (AvgIpc) is 2.10. The molecule has 3 heteroatoms. The first-order valence-electron chi connectivity index (χ1n) is 4.28. The van der Waals surface area contributed by atoms with Crippen molar-refractivity contribution in [3.8, 4) is 0 Å². The third-order valence-corrected chi connectivity index (χ3v) is 2.50. The van der Waals surface area contributed by atoms with Crippen LogP contribution in [-0.2, 0) is 0 Å². The summed E-state index contributed by atoms with van der Waals surface area (Å²) in [5.74, 6) is -0.299. The number of rotatable bonds is 3. The Morgan fingerprint density at radius 3 is 2.77 bits per heavy atom. The largest absolute Gasteiger partial charge is 0.388 e. The quantitative estimate of drug-likeness (QED) is 0.867. The lowest BCUT2D eigenvalue weighted by molar-refractivity contribution is 0.166. The van der Waals surface area contributed by atoms with Gasteiger partial charge in [0.1, 0.15) is 5.82 Å². The molecule has 0 aliphatic rings. The Labute approximate surface area is 85.7 Å². The molecule has 0 aliphatic carbocycles. The molecule has 1 aromatic carbocycles. The van der Waals surface area contributed by atoms with Crippen molar-refractivity contribution < 1.29 is 9.50 Å². The predicted octanol–water partition coefficient (Wildman–Crippen LogP) is 3.42. The summed E-state index contributed by atoms with van der Waals surface area (Å²) in [6.45, 7) is 2.00. The molecule has 0 heterocycles. The minimum atomic E-state index is -0.484. The minimum Gasteiger partial charge on any atom is -0.388 e. The van der Waals surface area contributed by atoms with E-state index in [-0.39, 0.29) is 5.82 Å². The molecule has 1 N–H and O–H groups in total. The van der Waals surface area contributed by atoms with Gasteiger partial charge in [-0.05, 0) is 40.0 Å². The Morgan fingerprint density at radius 2 is 2.23 bits per heavy atom. The number of halogens is 2. The van der Waals surface area contributed by atoms with Crippen LogP contribution in [0.3, 0.4) is 0 Å². The molecule has 0 spiro atoms. The highest BCUT2D eigenvalue weighted by atomic mass is 79.9. The summed E-state index contributed by atoms with van der Waals surface area (Å²) in [6, 6.07) is 4.59. The van der Waals surface area contributed by atoms with E-state index in [0.29, 0.717) is 10.9 Å². The summed E-state index contributed by atoms with van der Waals surface area (Å²) < 4.78 is 13.2. The summed E-state index contributed by atoms with van der Waals surface area (Å²) in [6.07, 6.45) is 1.13. The van der Waals surface area contributed by atoms with E-state index in [2.05, 4.69) is 15.9 Å². The Bertz CT molecular complexity index is 288. The molecule has 1 unspecified atom stereocenters. The van der Waals surface area contributed by atoms with E-state index < -0.39 is 6.10 Å². The van der Waals surface area contributed by atoms with Crippen molar-refractivity contribution in [3.63, 3.8) is 0 Å². The van der Waals surface area contributed by atoms with Gasteiger partial charge in [-0.3, -0.25) is 0 Å². The summed E-state index contributed by atoms with van der Waals surface area (Å²) >= 11 is 3.08. The molecular formula is C10H12BrFO. The van der Waals surface area contributed by atoms with Gasteiger partial charge in [0.05, 0.1) is 10.6 Å². The zero-order valence-corrected chi connectivity index (χ0v) is 9.01. The maximum absolute atomic E-state index is 12.8. The van der Waals surface area contributed by atoms with Crippen LogP contribution in [0.25, 0.3) is 0 Å². The lowest BCUT2D eigenvalue weighted by Gasteiger charge is -2.09. The Hall–Kier alpha value is -0.410. The van der Waals surface area contributed by atoms with Gasteiger partial charge >= 0.3 is 0 Å². The molecule has 1 nitrogen and oxygen atoms in total. The van der Waals surface area contributed by atoms with E-state index in [0.717, 1.165) is 12.0 Å². The van der Waals surface area contributed by atoms with Crippen LogP contribution < -0.4 is 0 Å². The highest BCUT2D eigenvalue weighted by molar-refractivity contribution is 9.10. The third kappa shape index (κ3) is 2.78. The molecule has 0 aromatic heterocycles. The van der Waals surface area contributed by atoms with Gasteiger partial charge in [-0.15, -0.1) is 0 Å². The normalized spacial score (nSPS) is 12.9. The van der Waals surface area contributed by atoms with Crippen LogP contribution in [0, 0.1) is 5.82 Å². The molecule has 13 heavy (non-hydrogen) atoms. The van der Waals surface area contributed by atoms with Gasteiger partial charge in [-0.2, -0.15) is 0 Å². The smallest absolute Gasteiger partial charge is 0.137 e. The van der Waals surface area contributed by atoms with E-state index in [9.17, 15) is 9.50 Å². The van der Waals surface area contributed by atoms with E-state index in [1.54, 1.807) is 12.1 Å². The molecule has 1 aromatic rings. The molecule has 0 radical (unpaired) electrons. The van der Waals surface area contributed by atoms with Gasteiger partial charge in [0.25, 0.3) is 0 Å². The second-order valence-corrected chi connectivity index (χ2v) is 3.83. The SMILES string of the molecule is CCCC(O)c1ccc(F)c(Br)c1. The molecule has 1 rings (SSSR count). The van der Waals surface area contributed by atoms with Crippen LogP contribution in [0.5, 0.6) is 0 Å². The molecular weight excluding hydrogens is 235 g/mol. The van der Waals surface area contributed by atoms with E-state index >= 15 is 0 Å². The molecule has 0 amide bonds. The Kier molecular flexibility index (Phi) is 3.88. The van der Waals surface area contributed by atoms with Crippen molar-refractivity contribution in [1.82, 2.24) is 0 Å². The number of hydrogen-bond donors (Lipinski definition) is 1. The summed E-state index contributed by atoms with van der Waals surface area (Å²) in [5, 5.41) is 9.59. The highest BCUT2D eigenvalue weighted by Gasteiger charge is 2.08. The first-order valence-corrected chi connectivity index (χ1v) is 5.07. The van der Waals surface area contributed by atoms with Gasteiger partial charge in [0.15, 0.2) is 0 Å². The van der Waals surface area contributed by atoms with Crippen LogP contribution >= 0.6 is 15.9 Å². The molecule has 0 aliphatic heterocycles. The van der Waals surface area contributed by atoms with Crippen LogP contribution in [0.15, 0.2) is 22.7 Å². The van der Waals surface area contributed by atoms with Gasteiger partial charge in [-0.1, -0.05) is 19.4 Å². The fourth-order valence-corrected chi connectivity index (χ4v) is 1.56. The van der Waals surface area contributed by atoms with E-state index in [1.807, 2.05) is 6.92 Å². The van der Waals surface area contributed by atoms with Gasteiger partial charge in [-0.25, -0.2) is 4.39 Å². The van der Waals surface area contributed by atoms with E-state index in [1.165, 1.54) is 6.07 Å². The standard InChI is InChI=1S/C10H12BrFO/c1-2-3-10(13)7-4-5-9(12)8(11)6-7/h4-6,10,13H,2-3H2,1H3. The molecule has 0 bridgehead atoms. The van der Waals surface area contributed by atoms with E-state index in [4.69, 9.17) is 0 Å². The molecule has 72 valence electrons. The number of benzene rings is 1. The lowest BCUT2D eigenvalue weighted by Crippen LogP contribution is -1.96. The van der Waals surface area contributed by atoms with Gasteiger partial charge < -0.3 is 5.11 Å². The Morgan fingerprint density at radius 1 is 1.54 bits per heavy atom. The molecule has 0 fully saturated rings. The molecule has 1 atom stereocenters. The number of aliphatic hydroxyl groups excluding tert-OH is 1. The second-order valence-electron chi connectivity index (χ2n) is 2.98. The van der Waals surface area contributed by atoms with Crippen molar-refractivity contribution in [2.45, 2.75) is 25.9 Å². The second kappa shape index (κ2) is 4.72. The van der Waals surface area contributed by atoms with Crippen molar-refractivity contribution in [1.29, 1.82) is 0 Å². The minimum absolute atomic E-state index is 0.299. The third-order valence-electron chi connectivity index (χ3n) is 1.89. The monoisotopic (exact) mass is 246 g/mol. The first-order chi connectivity index (χ1) is 6.15. The number of hydrogen-bond acceptors (Lipinski definition) is 1. The fourth-order valence-electron chi connectivity index (χ4n) is 1.16. The maximum atomic E-state index is 12.8. The number of aliphatic hydroxyl groups is 1. The average molecular weight is 247 g/mol. The van der Waals surface area contributed by atoms with Gasteiger partial charge in [0.2, 0.25) is 0 Å². The summed E-state index contributed by atoms with van der Waals surface area (Å²) in [5.41, 5.74) is 0.759. The van der Waals surface area contributed by atoms with Gasteiger partial charge in [0, 0.05) is 0 Å². The summed E-state index contributed by atoms with van der Waals surface area (Å²) in [7, 11) is 0. The van der Waals surface area contributed by atoms with Crippen LogP contribution in [0.1, 0.15) is 31.4 Å². The van der Waals surface area contributed by atoms with Crippen molar-refractivity contribution in [2.75, 3.05) is 0 Å². The van der Waals surface area contributed by atoms with Crippen LogP contribution in [0.2, 0.25) is 0 Å². The molecule has 0 saturated carbocycles.